The standard InChI is InChI=1S/C6H14N2O2/c7-3-5(8)6-4-9-1-2-10-6/h5-6H,1-4,7-8H2. The van der Waals surface area contributed by atoms with Crippen LogP contribution in [-0.4, -0.2) is 38.5 Å². The third-order valence-corrected chi connectivity index (χ3v) is 1.59. The van der Waals surface area contributed by atoms with E-state index < -0.39 is 0 Å². The zero-order valence-electron chi connectivity index (χ0n) is 5.95. The Bertz CT molecular complexity index is 93.7. The van der Waals surface area contributed by atoms with Gasteiger partial charge in [-0.15, -0.1) is 0 Å². The Morgan fingerprint density at radius 3 is 2.80 bits per heavy atom. The van der Waals surface area contributed by atoms with Gasteiger partial charge in [0.1, 0.15) is 0 Å². The zero-order valence-corrected chi connectivity index (χ0v) is 5.95. The van der Waals surface area contributed by atoms with E-state index in [2.05, 4.69) is 0 Å². The molecule has 2 unspecified atom stereocenters. The zero-order chi connectivity index (χ0) is 7.40. The highest BCUT2D eigenvalue weighted by molar-refractivity contribution is 4.75. The predicted molar refractivity (Wildman–Crippen MR) is 37.6 cm³/mol. The molecular formula is C6H14N2O2. The number of ether oxygens (including phenoxy) is 2. The average molecular weight is 146 g/mol. The summed E-state index contributed by atoms with van der Waals surface area (Å²) in [6, 6.07) is -0.0831. The van der Waals surface area contributed by atoms with E-state index in [0.717, 1.165) is 0 Å². The fourth-order valence-electron chi connectivity index (χ4n) is 0.905. The van der Waals surface area contributed by atoms with Gasteiger partial charge in [0.25, 0.3) is 0 Å². The highest BCUT2D eigenvalue weighted by Crippen LogP contribution is 2.02. The second-order valence-electron chi connectivity index (χ2n) is 2.38. The van der Waals surface area contributed by atoms with Crippen LogP contribution in [0.3, 0.4) is 0 Å². The molecule has 2 atom stereocenters. The van der Waals surface area contributed by atoms with Crippen molar-refractivity contribution in [3.05, 3.63) is 0 Å². The van der Waals surface area contributed by atoms with Gasteiger partial charge in [0.05, 0.1) is 25.9 Å². The first-order valence-electron chi connectivity index (χ1n) is 3.49. The second-order valence-corrected chi connectivity index (χ2v) is 2.38. The largest absolute Gasteiger partial charge is 0.376 e. The summed E-state index contributed by atoms with van der Waals surface area (Å²) in [4.78, 5) is 0. The van der Waals surface area contributed by atoms with Gasteiger partial charge in [-0.25, -0.2) is 0 Å². The highest BCUT2D eigenvalue weighted by Gasteiger charge is 2.20. The molecule has 0 radical (unpaired) electrons. The maximum absolute atomic E-state index is 5.62. The van der Waals surface area contributed by atoms with Gasteiger partial charge in [-0.2, -0.15) is 0 Å². The molecule has 0 amide bonds. The summed E-state index contributed by atoms with van der Waals surface area (Å²) in [5.41, 5.74) is 11.0. The van der Waals surface area contributed by atoms with Crippen molar-refractivity contribution in [2.24, 2.45) is 11.5 Å². The van der Waals surface area contributed by atoms with Gasteiger partial charge >= 0.3 is 0 Å². The van der Waals surface area contributed by atoms with E-state index in [-0.39, 0.29) is 12.1 Å². The lowest BCUT2D eigenvalue weighted by Crippen LogP contribution is -2.47. The van der Waals surface area contributed by atoms with Crippen molar-refractivity contribution in [3.63, 3.8) is 0 Å². The van der Waals surface area contributed by atoms with Crippen molar-refractivity contribution in [1.29, 1.82) is 0 Å². The van der Waals surface area contributed by atoms with Gasteiger partial charge in [-0.05, 0) is 0 Å². The Labute approximate surface area is 60.5 Å². The van der Waals surface area contributed by atoms with Crippen molar-refractivity contribution < 1.29 is 9.47 Å². The molecule has 0 aromatic rings. The molecule has 1 saturated heterocycles. The molecular weight excluding hydrogens is 132 g/mol. The summed E-state index contributed by atoms with van der Waals surface area (Å²) >= 11 is 0. The molecule has 0 aromatic carbocycles. The van der Waals surface area contributed by atoms with Crippen LogP contribution < -0.4 is 11.5 Å². The van der Waals surface area contributed by atoms with Crippen LogP contribution >= 0.6 is 0 Å². The minimum Gasteiger partial charge on any atom is -0.376 e. The first-order valence-corrected chi connectivity index (χ1v) is 3.49. The maximum Gasteiger partial charge on any atom is 0.0972 e. The monoisotopic (exact) mass is 146 g/mol. The van der Waals surface area contributed by atoms with Crippen LogP contribution in [0.25, 0.3) is 0 Å². The molecule has 0 aliphatic carbocycles. The Morgan fingerprint density at radius 2 is 2.30 bits per heavy atom. The van der Waals surface area contributed by atoms with Gasteiger partial charge in [-0.3, -0.25) is 0 Å². The molecule has 0 spiro atoms. The SMILES string of the molecule is NCC(N)C1COCCO1. The summed E-state index contributed by atoms with van der Waals surface area (Å²) in [5.74, 6) is 0. The van der Waals surface area contributed by atoms with Crippen LogP contribution in [0.2, 0.25) is 0 Å². The average Bonchev–Trinajstić information content (AvgIpc) is 2.05. The van der Waals surface area contributed by atoms with E-state index >= 15 is 0 Å². The summed E-state index contributed by atoms with van der Waals surface area (Å²) in [7, 11) is 0. The smallest absolute Gasteiger partial charge is 0.0972 e. The first-order chi connectivity index (χ1) is 4.84. The van der Waals surface area contributed by atoms with E-state index in [1.807, 2.05) is 0 Å². The summed E-state index contributed by atoms with van der Waals surface area (Å²) in [6.45, 7) is 2.35. The fourth-order valence-corrected chi connectivity index (χ4v) is 0.905. The fraction of sp³-hybridized carbons (Fsp3) is 1.00. The third-order valence-electron chi connectivity index (χ3n) is 1.59. The molecule has 1 rings (SSSR count). The topological polar surface area (TPSA) is 70.5 Å². The van der Waals surface area contributed by atoms with Crippen LogP contribution in [-0.2, 0) is 9.47 Å². The number of rotatable bonds is 2. The van der Waals surface area contributed by atoms with Crippen molar-refractivity contribution >= 4 is 0 Å². The van der Waals surface area contributed by atoms with Crippen LogP contribution in [0.15, 0.2) is 0 Å². The second kappa shape index (κ2) is 3.88. The van der Waals surface area contributed by atoms with Gasteiger partial charge in [0.15, 0.2) is 0 Å². The summed E-state index contributed by atoms with van der Waals surface area (Å²) < 4.78 is 10.4. The lowest BCUT2D eigenvalue weighted by molar-refractivity contribution is -0.0957. The molecule has 1 aliphatic heterocycles. The van der Waals surface area contributed by atoms with Crippen molar-refractivity contribution in [1.82, 2.24) is 0 Å². The lowest BCUT2D eigenvalue weighted by atomic mass is 10.2. The molecule has 10 heavy (non-hydrogen) atoms. The van der Waals surface area contributed by atoms with Crippen LogP contribution in [0, 0.1) is 0 Å². The molecule has 4 nitrogen and oxygen atoms in total. The molecule has 60 valence electrons. The molecule has 0 bridgehead atoms. The van der Waals surface area contributed by atoms with E-state index in [1.54, 1.807) is 0 Å². The molecule has 4 N–H and O–H groups in total. The Hall–Kier alpha value is -0.160. The number of hydrogen-bond acceptors (Lipinski definition) is 4. The third kappa shape index (κ3) is 1.91. The van der Waals surface area contributed by atoms with E-state index in [1.165, 1.54) is 0 Å². The molecule has 0 aromatic heterocycles. The Morgan fingerprint density at radius 1 is 1.50 bits per heavy atom. The van der Waals surface area contributed by atoms with E-state index in [0.29, 0.717) is 26.4 Å². The van der Waals surface area contributed by atoms with Gasteiger partial charge in [-0.1, -0.05) is 0 Å². The number of nitrogens with two attached hydrogens (primary N) is 2. The van der Waals surface area contributed by atoms with Crippen molar-refractivity contribution in [2.75, 3.05) is 26.4 Å². The first kappa shape index (κ1) is 7.94. The molecule has 0 saturated carbocycles. The molecule has 1 heterocycles. The highest BCUT2D eigenvalue weighted by atomic mass is 16.6. The van der Waals surface area contributed by atoms with Crippen molar-refractivity contribution in [2.45, 2.75) is 12.1 Å². The Kier molecular flexibility index (Phi) is 3.08. The number of hydrogen-bond donors (Lipinski definition) is 2. The predicted octanol–water partition coefficient (Wildman–Crippen LogP) is -1.31. The van der Waals surface area contributed by atoms with Crippen LogP contribution in [0.5, 0.6) is 0 Å². The quantitative estimate of drug-likeness (QED) is 0.507. The molecule has 1 fully saturated rings. The summed E-state index contributed by atoms with van der Waals surface area (Å²) in [6.07, 6.45) is -0.00116. The normalized spacial score (nSPS) is 30.0. The van der Waals surface area contributed by atoms with Gasteiger partial charge < -0.3 is 20.9 Å². The van der Waals surface area contributed by atoms with Gasteiger partial charge in [0, 0.05) is 12.6 Å². The maximum atomic E-state index is 5.62. The van der Waals surface area contributed by atoms with Gasteiger partial charge in [0.2, 0.25) is 0 Å². The van der Waals surface area contributed by atoms with E-state index in [4.69, 9.17) is 20.9 Å². The lowest BCUT2D eigenvalue weighted by Gasteiger charge is -2.26. The van der Waals surface area contributed by atoms with Crippen molar-refractivity contribution in [3.8, 4) is 0 Å². The summed E-state index contributed by atoms with van der Waals surface area (Å²) in [5, 5.41) is 0. The Balaban J connectivity index is 2.24. The molecule has 4 heteroatoms. The minimum atomic E-state index is -0.0831. The minimum absolute atomic E-state index is 0.00116. The van der Waals surface area contributed by atoms with Crippen LogP contribution in [0.4, 0.5) is 0 Å². The van der Waals surface area contributed by atoms with E-state index in [9.17, 15) is 0 Å². The molecule has 1 aliphatic rings. The van der Waals surface area contributed by atoms with Crippen LogP contribution in [0.1, 0.15) is 0 Å².